The highest BCUT2D eigenvalue weighted by Crippen LogP contribution is 2.23. The number of benzene rings is 2. The number of carboxylic acids is 1. The van der Waals surface area contributed by atoms with Crippen molar-refractivity contribution >= 4 is 23.4 Å². The average Bonchev–Trinajstić information content (AvgIpc) is 3.31. The lowest BCUT2D eigenvalue weighted by molar-refractivity contribution is -0.136. The summed E-state index contributed by atoms with van der Waals surface area (Å²) in [4.78, 5) is 34.6. The molecule has 7 nitrogen and oxygen atoms in total. The van der Waals surface area contributed by atoms with Gasteiger partial charge in [-0.1, -0.05) is 12.1 Å². The second kappa shape index (κ2) is 9.55. The van der Waals surface area contributed by atoms with Gasteiger partial charge < -0.3 is 15.3 Å². The topological polar surface area (TPSA) is 95.4 Å². The van der Waals surface area contributed by atoms with Gasteiger partial charge in [0.05, 0.1) is 6.42 Å². The Morgan fingerprint density at radius 3 is 2.38 bits per heavy atom. The van der Waals surface area contributed by atoms with Crippen LogP contribution < -0.4 is 10.2 Å². The summed E-state index contributed by atoms with van der Waals surface area (Å²) in [5, 5.41) is 12.0. The van der Waals surface area contributed by atoms with Gasteiger partial charge in [0.25, 0.3) is 5.91 Å². The number of nitrogens with zero attached hydrogens (tertiary/aromatic N) is 3. The molecule has 32 heavy (non-hydrogen) atoms. The van der Waals surface area contributed by atoms with Crippen LogP contribution in [0.25, 0.3) is 0 Å². The minimum atomic E-state index is -0.903. The van der Waals surface area contributed by atoms with Crippen LogP contribution in [-0.4, -0.2) is 40.0 Å². The third-order valence-electron chi connectivity index (χ3n) is 5.32. The Bertz CT molecular complexity index is 1110. The van der Waals surface area contributed by atoms with Crippen LogP contribution in [0.1, 0.15) is 40.2 Å². The van der Waals surface area contributed by atoms with Gasteiger partial charge in [-0.25, -0.2) is 14.4 Å². The van der Waals surface area contributed by atoms with Crippen LogP contribution in [-0.2, 0) is 17.6 Å². The predicted molar refractivity (Wildman–Crippen MR) is 118 cm³/mol. The first-order chi connectivity index (χ1) is 15.5. The molecule has 0 saturated carbocycles. The van der Waals surface area contributed by atoms with Gasteiger partial charge in [-0.3, -0.25) is 9.59 Å². The van der Waals surface area contributed by atoms with Crippen molar-refractivity contribution in [2.45, 2.75) is 25.7 Å². The molecule has 2 N–H and O–H groups in total. The van der Waals surface area contributed by atoms with Gasteiger partial charge >= 0.3 is 5.97 Å². The zero-order valence-electron chi connectivity index (χ0n) is 17.4. The molecule has 0 bridgehead atoms. The van der Waals surface area contributed by atoms with E-state index >= 15 is 0 Å². The fourth-order valence-electron chi connectivity index (χ4n) is 3.70. The number of rotatable bonds is 7. The Morgan fingerprint density at radius 1 is 1.03 bits per heavy atom. The highest BCUT2D eigenvalue weighted by atomic mass is 19.1. The Morgan fingerprint density at radius 2 is 1.72 bits per heavy atom. The largest absolute Gasteiger partial charge is 0.481 e. The molecule has 164 valence electrons. The van der Waals surface area contributed by atoms with E-state index in [2.05, 4.69) is 20.2 Å². The van der Waals surface area contributed by atoms with E-state index in [4.69, 9.17) is 0 Å². The van der Waals surface area contributed by atoms with Crippen LogP contribution in [0.2, 0.25) is 0 Å². The Hall–Kier alpha value is -3.81. The smallest absolute Gasteiger partial charge is 0.308 e. The summed E-state index contributed by atoms with van der Waals surface area (Å²) in [6.07, 6.45) is 4.13. The molecule has 1 fully saturated rings. The summed E-state index contributed by atoms with van der Waals surface area (Å²) in [6.45, 7) is 1.73. The Balaban J connectivity index is 1.45. The monoisotopic (exact) mass is 434 g/mol. The Kier molecular flexibility index (Phi) is 6.39. The molecule has 0 atom stereocenters. The molecule has 3 aromatic rings. The van der Waals surface area contributed by atoms with E-state index in [0.29, 0.717) is 34.9 Å². The van der Waals surface area contributed by atoms with E-state index in [9.17, 15) is 19.1 Å². The number of anilines is 2. The van der Waals surface area contributed by atoms with Crippen LogP contribution in [0.4, 0.5) is 15.9 Å². The second-order valence-corrected chi connectivity index (χ2v) is 7.73. The molecule has 1 aliphatic heterocycles. The predicted octanol–water partition coefficient (Wildman–Crippen LogP) is 3.69. The first-order valence-electron chi connectivity index (χ1n) is 10.5. The maximum atomic E-state index is 13.0. The van der Waals surface area contributed by atoms with Crippen LogP contribution >= 0.6 is 0 Å². The van der Waals surface area contributed by atoms with E-state index in [-0.39, 0.29) is 12.3 Å². The fourth-order valence-corrected chi connectivity index (χ4v) is 3.70. The number of hydrogen-bond donors (Lipinski definition) is 2. The number of carbonyl (C=O) groups is 2. The molecule has 1 saturated heterocycles. The third-order valence-corrected chi connectivity index (χ3v) is 5.32. The molecule has 1 aromatic heterocycles. The molecule has 0 spiro atoms. The standard InChI is InChI=1S/C24H23FN4O3/c25-19-7-5-17(6-8-19)24(32)27-20-9-3-16(4-10-20)13-21-26-15-18(14-22(30)31)23(28-21)29-11-1-2-12-29/h3-10,15H,1-2,11-14H2,(H,27,32)(H,30,31). The molecule has 1 aliphatic rings. The normalized spacial score (nSPS) is 13.2. The van der Waals surface area contributed by atoms with Gasteiger partial charge in [0, 0.05) is 42.5 Å². The third kappa shape index (κ3) is 5.26. The Labute approximate surface area is 184 Å². The maximum absolute atomic E-state index is 13.0. The number of amides is 1. The average molecular weight is 434 g/mol. The van der Waals surface area contributed by atoms with E-state index in [1.54, 1.807) is 18.3 Å². The van der Waals surface area contributed by atoms with Crippen molar-refractivity contribution in [2.75, 3.05) is 23.3 Å². The number of nitrogens with one attached hydrogen (secondary N) is 1. The lowest BCUT2D eigenvalue weighted by atomic mass is 10.1. The van der Waals surface area contributed by atoms with Gasteiger partial charge in [0.15, 0.2) is 0 Å². The number of aliphatic carboxylic acids is 1. The van der Waals surface area contributed by atoms with Crippen molar-refractivity contribution in [3.05, 3.63) is 83.1 Å². The summed E-state index contributed by atoms with van der Waals surface area (Å²) < 4.78 is 13.0. The van der Waals surface area contributed by atoms with Gasteiger partial charge in [0.2, 0.25) is 0 Å². The highest BCUT2D eigenvalue weighted by molar-refractivity contribution is 6.04. The molecule has 4 rings (SSSR count). The fraction of sp³-hybridized carbons (Fsp3) is 0.250. The van der Waals surface area contributed by atoms with E-state index in [0.717, 1.165) is 31.5 Å². The molecule has 0 aliphatic carbocycles. The lowest BCUT2D eigenvalue weighted by Gasteiger charge is -2.20. The van der Waals surface area contributed by atoms with E-state index in [1.165, 1.54) is 24.3 Å². The van der Waals surface area contributed by atoms with Crippen molar-refractivity contribution in [1.29, 1.82) is 0 Å². The second-order valence-electron chi connectivity index (χ2n) is 7.73. The van der Waals surface area contributed by atoms with Gasteiger partial charge in [-0.2, -0.15) is 0 Å². The van der Waals surface area contributed by atoms with Crippen molar-refractivity contribution in [3.63, 3.8) is 0 Å². The molecule has 0 radical (unpaired) electrons. The van der Waals surface area contributed by atoms with Crippen molar-refractivity contribution in [1.82, 2.24) is 9.97 Å². The summed E-state index contributed by atoms with van der Waals surface area (Å²) in [7, 11) is 0. The van der Waals surface area contributed by atoms with Crippen molar-refractivity contribution in [2.24, 2.45) is 0 Å². The number of aromatic nitrogens is 2. The van der Waals surface area contributed by atoms with Gasteiger partial charge in [-0.15, -0.1) is 0 Å². The zero-order valence-corrected chi connectivity index (χ0v) is 17.4. The van der Waals surface area contributed by atoms with Crippen LogP contribution in [0.15, 0.2) is 54.7 Å². The molecular formula is C24H23FN4O3. The quantitative estimate of drug-likeness (QED) is 0.589. The van der Waals surface area contributed by atoms with E-state index < -0.39 is 11.8 Å². The molecule has 2 heterocycles. The van der Waals surface area contributed by atoms with Crippen LogP contribution in [0.5, 0.6) is 0 Å². The number of carbonyl (C=O) groups excluding carboxylic acids is 1. The van der Waals surface area contributed by atoms with Crippen molar-refractivity contribution < 1.29 is 19.1 Å². The summed E-state index contributed by atoms with van der Waals surface area (Å²) in [5.41, 5.74) is 2.59. The minimum absolute atomic E-state index is 0.103. The maximum Gasteiger partial charge on any atom is 0.308 e. The van der Waals surface area contributed by atoms with Crippen LogP contribution in [0.3, 0.4) is 0 Å². The number of hydrogen-bond acceptors (Lipinski definition) is 5. The number of carboxylic acid groups (broad SMARTS) is 1. The summed E-state index contributed by atoms with van der Waals surface area (Å²) >= 11 is 0. The molecule has 1 amide bonds. The van der Waals surface area contributed by atoms with Gasteiger partial charge in [0.1, 0.15) is 17.5 Å². The molecule has 0 unspecified atom stereocenters. The summed E-state index contributed by atoms with van der Waals surface area (Å²) in [6, 6.07) is 12.7. The first kappa shape index (κ1) is 21.4. The highest BCUT2D eigenvalue weighted by Gasteiger charge is 2.20. The number of halogens is 1. The van der Waals surface area contributed by atoms with Crippen molar-refractivity contribution in [3.8, 4) is 0 Å². The first-order valence-corrected chi connectivity index (χ1v) is 10.5. The van der Waals surface area contributed by atoms with E-state index in [1.807, 2.05) is 12.1 Å². The molecule has 8 heteroatoms. The van der Waals surface area contributed by atoms with Gasteiger partial charge in [-0.05, 0) is 54.8 Å². The lowest BCUT2D eigenvalue weighted by Crippen LogP contribution is -2.22. The molecule has 2 aromatic carbocycles. The SMILES string of the molecule is O=C(O)Cc1cnc(Cc2ccc(NC(=O)c3ccc(F)cc3)cc2)nc1N1CCCC1. The summed E-state index contributed by atoms with van der Waals surface area (Å²) in [5.74, 6) is -0.287. The minimum Gasteiger partial charge on any atom is -0.481 e. The van der Waals surface area contributed by atoms with Crippen LogP contribution in [0, 0.1) is 5.82 Å². The molecular weight excluding hydrogens is 411 g/mol. The zero-order chi connectivity index (χ0) is 22.5.